The summed E-state index contributed by atoms with van der Waals surface area (Å²) in [6, 6.07) is 17.8. The third kappa shape index (κ3) is 4.05. The van der Waals surface area contributed by atoms with E-state index in [4.69, 9.17) is 14.9 Å². The molecule has 1 atom stereocenters. The maximum atomic E-state index is 12.3. The summed E-state index contributed by atoms with van der Waals surface area (Å²) in [5, 5.41) is 19.9. The molecule has 2 heterocycles. The largest absolute Gasteiger partial charge is 0.388 e. The van der Waals surface area contributed by atoms with E-state index in [1.54, 1.807) is 13.0 Å². The topological polar surface area (TPSA) is 107 Å². The minimum Gasteiger partial charge on any atom is -0.388 e. The predicted molar refractivity (Wildman–Crippen MR) is 143 cm³/mol. The molecule has 0 aliphatic carbocycles. The summed E-state index contributed by atoms with van der Waals surface area (Å²) in [7, 11) is 1.86. The van der Waals surface area contributed by atoms with Crippen LogP contribution in [-0.2, 0) is 0 Å². The molecule has 3 aromatic carbocycles. The standard InChI is InChI=1S/C28H27N5O2/c1-15-10-19-14-31-25(18-8-9-23(30-4)20(12-18)16(2)29)13-22(19)21(11-15)17(3)32-24-6-5-7-26-27(24)28(34)33-35-26/h5-14,17,29-30,32H,1-4H3,(H,33,34)/t17-/m1/s1. The van der Waals surface area contributed by atoms with E-state index < -0.39 is 0 Å². The molecule has 0 bridgehead atoms. The number of aromatic nitrogens is 2. The normalized spacial score (nSPS) is 12.1. The van der Waals surface area contributed by atoms with Crippen LogP contribution in [0.2, 0.25) is 0 Å². The van der Waals surface area contributed by atoms with Crippen LogP contribution in [0, 0.1) is 12.3 Å². The van der Waals surface area contributed by atoms with Gasteiger partial charge in [-0.1, -0.05) is 23.8 Å². The maximum Gasteiger partial charge on any atom is 0.289 e. The van der Waals surface area contributed by atoms with Gasteiger partial charge in [-0.3, -0.25) is 9.78 Å². The van der Waals surface area contributed by atoms with Crippen LogP contribution >= 0.6 is 0 Å². The van der Waals surface area contributed by atoms with Gasteiger partial charge in [0.15, 0.2) is 5.58 Å². The van der Waals surface area contributed by atoms with Crippen molar-refractivity contribution in [3.8, 4) is 11.3 Å². The maximum absolute atomic E-state index is 12.3. The monoisotopic (exact) mass is 465 g/mol. The van der Waals surface area contributed by atoms with Crippen LogP contribution < -0.4 is 16.2 Å². The van der Waals surface area contributed by atoms with Crippen LogP contribution in [0.3, 0.4) is 0 Å². The number of H-pyrrole nitrogens is 1. The van der Waals surface area contributed by atoms with Crippen molar-refractivity contribution < 1.29 is 4.52 Å². The Labute approximate surface area is 202 Å². The number of aromatic amines is 1. The number of anilines is 2. The average molecular weight is 466 g/mol. The van der Waals surface area contributed by atoms with E-state index >= 15 is 0 Å². The van der Waals surface area contributed by atoms with Crippen molar-refractivity contribution in [3.63, 3.8) is 0 Å². The molecule has 0 unspecified atom stereocenters. The molecule has 5 aromatic rings. The molecular formula is C28H27N5O2. The summed E-state index contributed by atoms with van der Waals surface area (Å²) in [4.78, 5) is 17.0. The number of benzene rings is 3. The highest BCUT2D eigenvalue weighted by atomic mass is 16.5. The Morgan fingerprint density at radius 3 is 2.71 bits per heavy atom. The van der Waals surface area contributed by atoms with E-state index in [1.165, 1.54) is 0 Å². The molecule has 176 valence electrons. The van der Waals surface area contributed by atoms with Crippen molar-refractivity contribution in [2.24, 2.45) is 0 Å². The summed E-state index contributed by atoms with van der Waals surface area (Å²) in [6.45, 7) is 5.94. The van der Waals surface area contributed by atoms with Gasteiger partial charge in [-0.25, -0.2) is 0 Å². The predicted octanol–water partition coefficient (Wildman–Crippen LogP) is 6.25. The number of hydrogen-bond donors (Lipinski definition) is 4. The Bertz CT molecular complexity index is 1650. The highest BCUT2D eigenvalue weighted by Gasteiger charge is 2.16. The number of nitrogens with zero attached hydrogens (tertiary/aromatic N) is 1. The second-order valence-corrected chi connectivity index (χ2v) is 8.86. The molecule has 0 aliphatic rings. The Morgan fingerprint density at radius 2 is 1.94 bits per heavy atom. The van der Waals surface area contributed by atoms with E-state index in [2.05, 4.69) is 47.8 Å². The molecule has 4 N–H and O–H groups in total. The number of hydrogen-bond acceptors (Lipinski definition) is 6. The van der Waals surface area contributed by atoms with E-state index in [-0.39, 0.29) is 11.6 Å². The quantitative estimate of drug-likeness (QED) is 0.222. The van der Waals surface area contributed by atoms with Crippen LogP contribution in [0.25, 0.3) is 33.0 Å². The molecule has 2 aromatic heterocycles. The zero-order valence-electron chi connectivity index (χ0n) is 20.1. The van der Waals surface area contributed by atoms with Crippen LogP contribution in [-0.4, -0.2) is 22.9 Å². The third-order valence-electron chi connectivity index (χ3n) is 6.35. The molecule has 5 rings (SSSR count). The molecular weight excluding hydrogens is 438 g/mol. The van der Waals surface area contributed by atoms with Crippen molar-refractivity contribution in [1.82, 2.24) is 10.1 Å². The van der Waals surface area contributed by atoms with Gasteiger partial charge in [0.25, 0.3) is 5.56 Å². The van der Waals surface area contributed by atoms with Crippen molar-refractivity contribution in [3.05, 3.63) is 87.8 Å². The van der Waals surface area contributed by atoms with E-state index in [9.17, 15) is 4.79 Å². The highest BCUT2D eigenvalue weighted by molar-refractivity contribution is 6.02. The fourth-order valence-corrected chi connectivity index (χ4v) is 4.62. The molecule has 35 heavy (non-hydrogen) atoms. The van der Waals surface area contributed by atoms with Gasteiger partial charge in [-0.05, 0) is 68.1 Å². The lowest BCUT2D eigenvalue weighted by Gasteiger charge is -2.19. The van der Waals surface area contributed by atoms with Gasteiger partial charge >= 0.3 is 0 Å². The Morgan fingerprint density at radius 1 is 1.11 bits per heavy atom. The van der Waals surface area contributed by atoms with Crippen molar-refractivity contribution in [2.45, 2.75) is 26.8 Å². The number of rotatable bonds is 6. The smallest absolute Gasteiger partial charge is 0.289 e. The van der Waals surface area contributed by atoms with Gasteiger partial charge < -0.3 is 20.6 Å². The fraction of sp³-hybridized carbons (Fsp3) is 0.179. The molecule has 0 fully saturated rings. The summed E-state index contributed by atoms with van der Waals surface area (Å²) in [5.41, 5.74) is 7.29. The summed E-state index contributed by atoms with van der Waals surface area (Å²) in [5.74, 6) is 0. The third-order valence-corrected chi connectivity index (χ3v) is 6.35. The zero-order chi connectivity index (χ0) is 24.7. The minimum atomic E-state index is -0.252. The fourth-order valence-electron chi connectivity index (χ4n) is 4.62. The van der Waals surface area contributed by atoms with Gasteiger partial charge in [-0.15, -0.1) is 0 Å². The van der Waals surface area contributed by atoms with E-state index in [0.717, 1.165) is 50.1 Å². The van der Waals surface area contributed by atoms with Gasteiger partial charge in [0.1, 0.15) is 5.39 Å². The Kier molecular flexibility index (Phi) is 5.61. The first-order valence-electron chi connectivity index (χ1n) is 11.5. The first-order valence-corrected chi connectivity index (χ1v) is 11.5. The van der Waals surface area contributed by atoms with Crippen LogP contribution in [0.5, 0.6) is 0 Å². The minimum absolute atomic E-state index is 0.0846. The molecule has 0 radical (unpaired) electrons. The number of aryl methyl sites for hydroxylation is 1. The lowest BCUT2D eigenvalue weighted by molar-refractivity contribution is 0.449. The highest BCUT2D eigenvalue weighted by Crippen LogP contribution is 2.33. The lowest BCUT2D eigenvalue weighted by atomic mass is 9.95. The second kappa shape index (κ2) is 8.76. The second-order valence-electron chi connectivity index (χ2n) is 8.86. The van der Waals surface area contributed by atoms with Crippen molar-refractivity contribution in [2.75, 3.05) is 17.7 Å². The first-order chi connectivity index (χ1) is 16.9. The van der Waals surface area contributed by atoms with Gasteiger partial charge in [0.05, 0.1) is 11.4 Å². The van der Waals surface area contributed by atoms with Gasteiger partial charge in [0, 0.05) is 47.2 Å². The molecule has 0 saturated carbocycles. The van der Waals surface area contributed by atoms with Crippen LogP contribution in [0.15, 0.2) is 70.1 Å². The molecule has 7 nitrogen and oxygen atoms in total. The average Bonchev–Trinajstić information content (AvgIpc) is 3.24. The van der Waals surface area contributed by atoms with Gasteiger partial charge in [-0.2, -0.15) is 5.16 Å². The van der Waals surface area contributed by atoms with Crippen molar-refractivity contribution >= 4 is 38.8 Å². The summed E-state index contributed by atoms with van der Waals surface area (Å²) >= 11 is 0. The molecule has 0 spiro atoms. The lowest BCUT2D eigenvalue weighted by Crippen LogP contribution is -2.10. The molecule has 0 saturated heterocycles. The number of fused-ring (bicyclic) bond motifs is 2. The van der Waals surface area contributed by atoms with Gasteiger partial charge in [0.2, 0.25) is 0 Å². The Balaban J connectivity index is 1.60. The van der Waals surface area contributed by atoms with E-state index in [0.29, 0.717) is 16.7 Å². The van der Waals surface area contributed by atoms with Crippen LogP contribution in [0.1, 0.15) is 36.6 Å². The Hall–Kier alpha value is -4.39. The molecule has 0 amide bonds. The summed E-state index contributed by atoms with van der Waals surface area (Å²) in [6.07, 6.45) is 1.90. The molecule has 7 heteroatoms. The zero-order valence-corrected chi connectivity index (χ0v) is 20.1. The number of nitrogens with one attached hydrogen (secondary N) is 4. The number of pyridine rings is 1. The van der Waals surface area contributed by atoms with Crippen molar-refractivity contribution in [1.29, 1.82) is 5.41 Å². The molecule has 0 aliphatic heterocycles. The summed E-state index contributed by atoms with van der Waals surface area (Å²) < 4.78 is 5.27. The SMILES string of the molecule is CNc1ccc(-c2cc3c([C@@H](C)Nc4cccc5o[nH]c(=O)c45)cc(C)cc3cn2)cc1C(C)=N. The van der Waals surface area contributed by atoms with Crippen LogP contribution in [0.4, 0.5) is 11.4 Å². The first kappa shape index (κ1) is 22.4. The van der Waals surface area contributed by atoms with E-state index in [1.807, 2.05) is 43.6 Å².